The molecule has 7 N–H and O–H groups in total. The maximum absolute atomic E-state index is 14.1. The van der Waals surface area contributed by atoms with Crippen molar-refractivity contribution < 1.29 is 19.1 Å². The minimum atomic E-state index is -1.10. The second-order valence-corrected chi connectivity index (χ2v) is 6.38. The number of benzene rings is 2. The quantitative estimate of drug-likeness (QED) is 0.347. The summed E-state index contributed by atoms with van der Waals surface area (Å²) in [6.07, 6.45) is 0. The first-order chi connectivity index (χ1) is 14.3. The SMILES string of the molecule is CNc1cc(F)cc2c(NCCN)c(C(=O)Nc3ccc(C(=O)O)cc3)c(=O)[nH]c12. The summed E-state index contributed by atoms with van der Waals surface area (Å²) >= 11 is 0. The topological polar surface area (TPSA) is 149 Å². The number of fused-ring (bicyclic) bond motifs is 1. The number of amides is 1. The van der Waals surface area contributed by atoms with Crippen molar-refractivity contribution in [3.8, 4) is 0 Å². The molecule has 156 valence electrons. The molecule has 1 heterocycles. The summed E-state index contributed by atoms with van der Waals surface area (Å²) in [5.41, 5.74) is 5.82. The minimum Gasteiger partial charge on any atom is -0.478 e. The molecule has 1 amide bonds. The van der Waals surface area contributed by atoms with Crippen molar-refractivity contribution >= 4 is 39.8 Å². The second kappa shape index (κ2) is 8.62. The van der Waals surface area contributed by atoms with Crippen molar-refractivity contribution in [3.63, 3.8) is 0 Å². The number of aromatic amines is 1. The van der Waals surface area contributed by atoms with E-state index in [2.05, 4.69) is 20.9 Å². The molecule has 0 saturated carbocycles. The van der Waals surface area contributed by atoms with Crippen LogP contribution in [0.25, 0.3) is 10.9 Å². The zero-order valence-corrected chi connectivity index (χ0v) is 16.0. The Balaban J connectivity index is 2.11. The van der Waals surface area contributed by atoms with E-state index < -0.39 is 23.3 Å². The molecule has 0 aliphatic carbocycles. The summed E-state index contributed by atoms with van der Waals surface area (Å²) in [7, 11) is 1.58. The fourth-order valence-corrected chi connectivity index (χ4v) is 3.05. The van der Waals surface area contributed by atoms with E-state index in [4.69, 9.17) is 10.8 Å². The van der Waals surface area contributed by atoms with Crippen LogP contribution in [0.4, 0.5) is 21.5 Å². The third-order valence-electron chi connectivity index (χ3n) is 4.42. The lowest BCUT2D eigenvalue weighted by Crippen LogP contribution is -2.27. The van der Waals surface area contributed by atoms with Crippen LogP contribution in [0.2, 0.25) is 0 Å². The Labute approximate surface area is 170 Å². The Hall–Kier alpha value is -3.92. The van der Waals surface area contributed by atoms with Crippen LogP contribution in [0, 0.1) is 5.82 Å². The van der Waals surface area contributed by atoms with Crippen LogP contribution in [-0.2, 0) is 0 Å². The van der Waals surface area contributed by atoms with Gasteiger partial charge in [-0.3, -0.25) is 9.59 Å². The molecule has 0 aliphatic heterocycles. The first kappa shape index (κ1) is 20.8. The standard InChI is InChI=1S/C20H20FN5O4/c1-23-14-9-11(21)8-13-16(14)26-19(28)15(17(13)24-7-6-22)18(27)25-12-4-2-10(3-5-12)20(29)30/h2-5,8-9,23H,6-7,22H2,1H3,(H,25,27)(H,29,30)(H2,24,26,28). The third-order valence-corrected chi connectivity index (χ3v) is 4.42. The molecule has 3 rings (SSSR count). The van der Waals surface area contributed by atoms with Gasteiger partial charge in [-0.2, -0.15) is 0 Å². The van der Waals surface area contributed by atoms with Crippen molar-refractivity contribution in [3.05, 3.63) is 63.7 Å². The van der Waals surface area contributed by atoms with Crippen molar-refractivity contribution in [2.24, 2.45) is 5.73 Å². The van der Waals surface area contributed by atoms with Gasteiger partial charge in [-0.15, -0.1) is 0 Å². The third kappa shape index (κ3) is 4.08. The highest BCUT2D eigenvalue weighted by molar-refractivity contribution is 6.13. The van der Waals surface area contributed by atoms with E-state index in [-0.39, 0.29) is 29.9 Å². The molecule has 0 bridgehead atoms. The molecule has 2 aromatic carbocycles. The molecular formula is C20H20FN5O4. The summed E-state index contributed by atoms with van der Waals surface area (Å²) in [5, 5.41) is 17.6. The first-order valence-corrected chi connectivity index (χ1v) is 9.01. The number of carboxylic acid groups (broad SMARTS) is 1. The fraction of sp³-hybridized carbons (Fsp3) is 0.150. The Kier molecular flexibility index (Phi) is 5.98. The summed E-state index contributed by atoms with van der Waals surface area (Å²) < 4.78 is 14.1. The van der Waals surface area contributed by atoms with Crippen LogP contribution in [0.3, 0.4) is 0 Å². The number of aromatic carboxylic acids is 1. The summed E-state index contributed by atoms with van der Waals surface area (Å²) in [5.74, 6) is -2.39. The highest BCUT2D eigenvalue weighted by Gasteiger charge is 2.21. The summed E-state index contributed by atoms with van der Waals surface area (Å²) in [6.45, 7) is 0.470. The van der Waals surface area contributed by atoms with Gasteiger partial charge in [0.1, 0.15) is 11.4 Å². The van der Waals surface area contributed by atoms with E-state index >= 15 is 0 Å². The molecule has 9 nitrogen and oxygen atoms in total. The molecule has 0 radical (unpaired) electrons. The van der Waals surface area contributed by atoms with E-state index in [0.717, 1.165) is 0 Å². The van der Waals surface area contributed by atoms with Gasteiger partial charge < -0.3 is 31.8 Å². The lowest BCUT2D eigenvalue weighted by Gasteiger charge is -2.16. The Morgan fingerprint density at radius 3 is 2.50 bits per heavy atom. The number of carbonyl (C=O) groups is 2. The van der Waals surface area contributed by atoms with Crippen LogP contribution in [0.5, 0.6) is 0 Å². The van der Waals surface area contributed by atoms with Gasteiger partial charge in [0.25, 0.3) is 11.5 Å². The van der Waals surface area contributed by atoms with E-state index in [1.54, 1.807) is 7.05 Å². The molecular weight excluding hydrogens is 393 g/mol. The molecule has 0 spiro atoms. The predicted octanol–water partition coefficient (Wildman–Crippen LogP) is 2.03. The van der Waals surface area contributed by atoms with Gasteiger partial charge in [0.2, 0.25) is 0 Å². The van der Waals surface area contributed by atoms with Gasteiger partial charge >= 0.3 is 5.97 Å². The van der Waals surface area contributed by atoms with Crippen molar-refractivity contribution in [2.75, 3.05) is 36.1 Å². The smallest absolute Gasteiger partial charge is 0.335 e. The molecule has 0 aliphatic rings. The molecule has 1 aromatic heterocycles. The van der Waals surface area contributed by atoms with Gasteiger partial charge in [0, 0.05) is 31.2 Å². The largest absolute Gasteiger partial charge is 0.478 e. The van der Waals surface area contributed by atoms with Gasteiger partial charge in [0.05, 0.1) is 22.5 Å². The average Bonchev–Trinajstić information content (AvgIpc) is 2.71. The van der Waals surface area contributed by atoms with Gasteiger partial charge in [0.15, 0.2) is 0 Å². The molecule has 0 unspecified atom stereocenters. The lowest BCUT2D eigenvalue weighted by atomic mass is 10.1. The number of hydrogen-bond acceptors (Lipinski definition) is 6. The van der Waals surface area contributed by atoms with Crippen LogP contribution in [-0.4, -0.2) is 42.1 Å². The highest BCUT2D eigenvalue weighted by atomic mass is 19.1. The molecule has 0 fully saturated rings. The molecule has 0 atom stereocenters. The maximum atomic E-state index is 14.1. The van der Waals surface area contributed by atoms with Crippen molar-refractivity contribution in [2.45, 2.75) is 0 Å². The number of anilines is 3. The monoisotopic (exact) mass is 413 g/mol. The van der Waals surface area contributed by atoms with Crippen LogP contribution in [0.15, 0.2) is 41.2 Å². The molecule has 3 aromatic rings. The van der Waals surface area contributed by atoms with E-state index in [1.807, 2.05) is 0 Å². The van der Waals surface area contributed by atoms with Gasteiger partial charge in [-0.1, -0.05) is 0 Å². The van der Waals surface area contributed by atoms with E-state index in [9.17, 15) is 18.8 Å². The number of carbonyl (C=O) groups excluding carboxylic acids is 1. The predicted molar refractivity (Wildman–Crippen MR) is 113 cm³/mol. The Bertz CT molecular complexity index is 1170. The Morgan fingerprint density at radius 2 is 1.90 bits per heavy atom. The van der Waals surface area contributed by atoms with Gasteiger partial charge in [-0.05, 0) is 36.4 Å². The molecule has 10 heteroatoms. The number of halogens is 1. The van der Waals surface area contributed by atoms with Crippen molar-refractivity contribution in [1.82, 2.24) is 4.98 Å². The first-order valence-electron chi connectivity index (χ1n) is 9.01. The number of carboxylic acids is 1. The van der Waals surface area contributed by atoms with E-state index in [1.165, 1.54) is 36.4 Å². The Morgan fingerprint density at radius 1 is 1.20 bits per heavy atom. The lowest BCUT2D eigenvalue weighted by molar-refractivity contribution is 0.0696. The number of aromatic nitrogens is 1. The highest BCUT2D eigenvalue weighted by Crippen LogP contribution is 2.30. The fourth-order valence-electron chi connectivity index (χ4n) is 3.05. The minimum absolute atomic E-state index is 0.0527. The summed E-state index contributed by atoms with van der Waals surface area (Å²) in [4.78, 5) is 39.2. The normalized spacial score (nSPS) is 10.6. The average molecular weight is 413 g/mol. The molecule has 30 heavy (non-hydrogen) atoms. The van der Waals surface area contributed by atoms with Crippen LogP contribution >= 0.6 is 0 Å². The zero-order valence-electron chi connectivity index (χ0n) is 16.0. The number of pyridine rings is 1. The number of hydrogen-bond donors (Lipinski definition) is 6. The molecule has 0 saturated heterocycles. The van der Waals surface area contributed by atoms with Crippen LogP contribution in [0.1, 0.15) is 20.7 Å². The van der Waals surface area contributed by atoms with Crippen molar-refractivity contribution in [1.29, 1.82) is 0 Å². The number of nitrogens with one attached hydrogen (secondary N) is 4. The van der Waals surface area contributed by atoms with E-state index in [0.29, 0.717) is 22.3 Å². The number of rotatable bonds is 7. The second-order valence-electron chi connectivity index (χ2n) is 6.38. The maximum Gasteiger partial charge on any atom is 0.335 e. The zero-order chi connectivity index (χ0) is 21.8. The van der Waals surface area contributed by atoms with Crippen LogP contribution < -0.4 is 27.2 Å². The number of nitrogens with two attached hydrogens (primary N) is 1. The van der Waals surface area contributed by atoms with Gasteiger partial charge in [-0.25, -0.2) is 9.18 Å². The number of H-pyrrole nitrogens is 1. The summed E-state index contributed by atoms with van der Waals surface area (Å²) in [6, 6.07) is 7.90.